The predicted molar refractivity (Wildman–Crippen MR) is 205 cm³/mol. The molecule has 0 radical (unpaired) electrons. The summed E-state index contributed by atoms with van der Waals surface area (Å²) in [4.78, 5) is 12.2. The Morgan fingerprint density at radius 1 is 0.489 bits per heavy atom. The quantitative estimate of drug-likeness (QED) is 0.0402. The minimum atomic E-state index is -0.531. The Morgan fingerprint density at radius 3 is 1.21 bits per heavy atom. The molecule has 280 valence electrons. The van der Waals surface area contributed by atoms with Gasteiger partial charge in [-0.05, 0) is 38.5 Å². The molecule has 4 nitrogen and oxygen atoms in total. The molecule has 1 unspecified atom stereocenters. The van der Waals surface area contributed by atoms with Gasteiger partial charge in [-0.25, -0.2) is 0 Å². The summed E-state index contributed by atoms with van der Waals surface area (Å²) in [5.74, 6) is -0.197. The maximum absolute atomic E-state index is 12.2. The zero-order valence-electron chi connectivity index (χ0n) is 32.1. The molecule has 0 bridgehead atoms. The largest absolute Gasteiger partial charge is 0.457 e. The van der Waals surface area contributed by atoms with E-state index in [9.17, 15) is 9.90 Å². The second-order valence-corrected chi connectivity index (χ2v) is 14.4. The van der Waals surface area contributed by atoms with Crippen LogP contribution in [0.2, 0.25) is 0 Å². The Balaban J connectivity index is 3.38. The van der Waals surface area contributed by atoms with Gasteiger partial charge < -0.3 is 14.6 Å². The highest BCUT2D eigenvalue weighted by Crippen LogP contribution is 2.15. The summed E-state index contributed by atoms with van der Waals surface area (Å²) in [5, 5.41) is 9.59. The number of aliphatic hydroxyl groups is 1. The fourth-order valence-corrected chi connectivity index (χ4v) is 6.38. The monoisotopic (exact) mass is 665 g/mol. The average Bonchev–Trinajstić information content (AvgIpc) is 3.08. The highest BCUT2D eigenvalue weighted by Gasteiger charge is 2.13. The average molecular weight is 665 g/mol. The molecule has 0 saturated carbocycles. The van der Waals surface area contributed by atoms with Crippen molar-refractivity contribution >= 4 is 5.97 Å². The fourth-order valence-electron chi connectivity index (χ4n) is 6.38. The SMILES string of the molecule is CCCCCCCC/C=C\CCCCCCCCOCC(CO)OC(=O)CCCCCCCCCCCCCCCCCCCCC. The normalized spacial score (nSPS) is 12.3. The van der Waals surface area contributed by atoms with Gasteiger partial charge in [0.2, 0.25) is 0 Å². The molecule has 0 aliphatic heterocycles. The molecule has 0 aromatic rings. The van der Waals surface area contributed by atoms with Gasteiger partial charge in [0.15, 0.2) is 0 Å². The van der Waals surface area contributed by atoms with Crippen molar-refractivity contribution in [3.63, 3.8) is 0 Å². The van der Waals surface area contributed by atoms with Gasteiger partial charge in [0.05, 0.1) is 13.2 Å². The Hall–Kier alpha value is -0.870. The van der Waals surface area contributed by atoms with Crippen molar-refractivity contribution in [1.82, 2.24) is 0 Å². The third kappa shape index (κ3) is 39.5. The van der Waals surface area contributed by atoms with E-state index < -0.39 is 6.10 Å². The molecule has 0 saturated heterocycles. The van der Waals surface area contributed by atoms with E-state index in [1.807, 2.05) is 0 Å². The van der Waals surface area contributed by atoms with E-state index in [1.165, 1.54) is 193 Å². The van der Waals surface area contributed by atoms with Crippen LogP contribution >= 0.6 is 0 Å². The zero-order valence-corrected chi connectivity index (χ0v) is 32.1. The topological polar surface area (TPSA) is 55.8 Å². The molecule has 47 heavy (non-hydrogen) atoms. The Labute approximate surface area is 295 Å². The van der Waals surface area contributed by atoms with Gasteiger partial charge in [0, 0.05) is 13.0 Å². The molecule has 0 rings (SSSR count). The van der Waals surface area contributed by atoms with Gasteiger partial charge >= 0.3 is 5.97 Å². The lowest BCUT2D eigenvalue weighted by molar-refractivity contribution is -0.154. The van der Waals surface area contributed by atoms with Crippen LogP contribution < -0.4 is 0 Å². The van der Waals surface area contributed by atoms with Crippen molar-refractivity contribution in [2.75, 3.05) is 19.8 Å². The van der Waals surface area contributed by atoms with Crippen molar-refractivity contribution in [3.8, 4) is 0 Å². The van der Waals surface area contributed by atoms with Gasteiger partial charge in [0.25, 0.3) is 0 Å². The zero-order chi connectivity index (χ0) is 34.1. The van der Waals surface area contributed by atoms with Crippen molar-refractivity contribution in [3.05, 3.63) is 12.2 Å². The van der Waals surface area contributed by atoms with Crippen molar-refractivity contribution < 1.29 is 19.4 Å². The van der Waals surface area contributed by atoms with Gasteiger partial charge in [-0.3, -0.25) is 4.79 Å². The third-order valence-corrected chi connectivity index (χ3v) is 9.59. The van der Waals surface area contributed by atoms with Crippen LogP contribution in [-0.2, 0) is 14.3 Å². The molecule has 0 aliphatic carbocycles. The number of ether oxygens (including phenoxy) is 2. The van der Waals surface area contributed by atoms with E-state index in [1.54, 1.807) is 0 Å². The number of unbranched alkanes of at least 4 members (excludes halogenated alkanes) is 30. The molecular formula is C43H84O4. The van der Waals surface area contributed by atoms with Gasteiger partial charge in [0.1, 0.15) is 6.10 Å². The summed E-state index contributed by atoms with van der Waals surface area (Å²) in [7, 11) is 0. The molecule has 0 spiro atoms. The van der Waals surface area contributed by atoms with E-state index >= 15 is 0 Å². The number of carbonyl (C=O) groups is 1. The van der Waals surface area contributed by atoms with Crippen LogP contribution in [0, 0.1) is 0 Å². The van der Waals surface area contributed by atoms with Gasteiger partial charge in [-0.1, -0.05) is 199 Å². The third-order valence-electron chi connectivity index (χ3n) is 9.59. The van der Waals surface area contributed by atoms with Crippen LogP contribution in [0.4, 0.5) is 0 Å². The smallest absolute Gasteiger partial charge is 0.306 e. The molecule has 1 atom stereocenters. The van der Waals surface area contributed by atoms with E-state index in [0.717, 1.165) is 19.3 Å². The first-order valence-electron chi connectivity index (χ1n) is 21.3. The molecule has 1 N–H and O–H groups in total. The van der Waals surface area contributed by atoms with Crippen LogP contribution in [0.5, 0.6) is 0 Å². The number of hydrogen-bond donors (Lipinski definition) is 1. The fraction of sp³-hybridized carbons (Fsp3) is 0.930. The molecule has 4 heteroatoms. The van der Waals surface area contributed by atoms with E-state index in [4.69, 9.17) is 9.47 Å². The first-order valence-corrected chi connectivity index (χ1v) is 21.3. The van der Waals surface area contributed by atoms with Crippen LogP contribution in [0.15, 0.2) is 12.2 Å². The van der Waals surface area contributed by atoms with Gasteiger partial charge in [-0.15, -0.1) is 0 Å². The molecule has 0 fully saturated rings. The minimum absolute atomic E-state index is 0.168. The van der Waals surface area contributed by atoms with E-state index in [0.29, 0.717) is 19.6 Å². The molecule has 0 aliphatic rings. The summed E-state index contributed by atoms with van der Waals surface area (Å²) in [5.41, 5.74) is 0. The number of aliphatic hydroxyl groups excluding tert-OH is 1. The van der Waals surface area contributed by atoms with Crippen LogP contribution in [0.1, 0.15) is 232 Å². The summed E-state index contributed by atoms with van der Waals surface area (Å²) >= 11 is 0. The Kier molecular flexibility index (Phi) is 40.5. The molecule has 0 amide bonds. The maximum atomic E-state index is 12.2. The molecule has 0 aromatic heterocycles. The minimum Gasteiger partial charge on any atom is -0.457 e. The number of esters is 1. The number of hydrogen-bond acceptors (Lipinski definition) is 4. The lowest BCUT2D eigenvalue weighted by atomic mass is 10.0. The van der Waals surface area contributed by atoms with Crippen molar-refractivity contribution in [1.29, 1.82) is 0 Å². The van der Waals surface area contributed by atoms with E-state index in [-0.39, 0.29) is 12.6 Å². The number of allylic oxidation sites excluding steroid dienone is 2. The first kappa shape index (κ1) is 46.1. The van der Waals surface area contributed by atoms with Crippen LogP contribution in [-0.4, -0.2) is 37.0 Å². The molecule has 0 heterocycles. The molecular weight excluding hydrogens is 580 g/mol. The van der Waals surface area contributed by atoms with Crippen molar-refractivity contribution in [2.24, 2.45) is 0 Å². The lowest BCUT2D eigenvalue weighted by Crippen LogP contribution is -2.27. The number of rotatable bonds is 40. The second kappa shape index (κ2) is 41.3. The first-order chi connectivity index (χ1) is 23.2. The number of carbonyl (C=O) groups excluding carboxylic acids is 1. The van der Waals surface area contributed by atoms with Crippen LogP contribution in [0.25, 0.3) is 0 Å². The highest BCUT2D eigenvalue weighted by molar-refractivity contribution is 5.69. The Bertz CT molecular complexity index is 619. The second-order valence-electron chi connectivity index (χ2n) is 14.4. The predicted octanol–water partition coefficient (Wildman–Crippen LogP) is 13.8. The molecule has 0 aromatic carbocycles. The summed E-state index contributed by atoms with van der Waals surface area (Å²) in [6.07, 6.45) is 48.4. The summed E-state index contributed by atoms with van der Waals surface area (Å²) < 4.78 is 11.2. The lowest BCUT2D eigenvalue weighted by Gasteiger charge is -2.15. The summed E-state index contributed by atoms with van der Waals surface area (Å²) in [6, 6.07) is 0. The maximum Gasteiger partial charge on any atom is 0.306 e. The highest BCUT2D eigenvalue weighted by atomic mass is 16.6. The van der Waals surface area contributed by atoms with Crippen molar-refractivity contribution in [2.45, 2.75) is 238 Å². The van der Waals surface area contributed by atoms with E-state index in [2.05, 4.69) is 26.0 Å². The summed E-state index contributed by atoms with van der Waals surface area (Å²) in [6.45, 7) is 5.37. The van der Waals surface area contributed by atoms with Gasteiger partial charge in [-0.2, -0.15) is 0 Å². The van der Waals surface area contributed by atoms with Crippen LogP contribution in [0.3, 0.4) is 0 Å². The Morgan fingerprint density at radius 2 is 0.830 bits per heavy atom. The standard InChI is InChI=1S/C43H84O4/c1-3-5-7-9-11-13-15-17-19-21-22-23-24-26-28-30-32-34-36-38-43(45)47-42(40-44)41-46-39-37-35-33-31-29-27-25-20-18-16-14-12-10-8-6-4-2/h18,20,42,44H,3-17,19,21-41H2,1-2H3/b20-18-.